The van der Waals surface area contributed by atoms with Crippen molar-refractivity contribution < 1.29 is 9.90 Å². The number of aromatic nitrogens is 3. The molecule has 94 valence electrons. The first-order chi connectivity index (χ1) is 8.49. The van der Waals surface area contributed by atoms with Gasteiger partial charge in [-0.25, -0.2) is 14.8 Å². The van der Waals surface area contributed by atoms with Crippen molar-refractivity contribution in [2.45, 2.75) is 16.3 Å². The summed E-state index contributed by atoms with van der Waals surface area (Å²) in [5.41, 5.74) is 0.162. The summed E-state index contributed by atoms with van der Waals surface area (Å²) in [7, 11) is 0. The van der Waals surface area contributed by atoms with Crippen molar-refractivity contribution in [3.05, 3.63) is 31.7 Å². The number of thiazole rings is 1. The number of nitrogens with zero attached hydrogens (tertiary/aromatic N) is 2. The predicted octanol–water partition coefficient (Wildman–Crippen LogP) is 2.15. The number of aromatic carboxylic acids is 1. The van der Waals surface area contributed by atoms with Crippen LogP contribution in [0.5, 0.6) is 0 Å². The Morgan fingerprint density at radius 2 is 2.33 bits per heavy atom. The van der Waals surface area contributed by atoms with Gasteiger partial charge in [-0.1, -0.05) is 11.3 Å². The molecule has 0 aliphatic rings. The highest BCUT2D eigenvalue weighted by molar-refractivity contribution is 9.10. The van der Waals surface area contributed by atoms with Crippen LogP contribution in [0.15, 0.2) is 25.0 Å². The molecule has 0 saturated heterocycles. The Morgan fingerprint density at radius 1 is 1.61 bits per heavy atom. The molecule has 0 saturated carbocycles. The topological polar surface area (TPSA) is 95.9 Å². The molecule has 0 fully saturated rings. The van der Waals surface area contributed by atoms with E-state index in [0.29, 0.717) is 19.5 Å². The van der Waals surface area contributed by atoms with Gasteiger partial charge in [0.1, 0.15) is 14.4 Å². The summed E-state index contributed by atoms with van der Waals surface area (Å²) in [5, 5.41) is 9.37. The van der Waals surface area contributed by atoms with Gasteiger partial charge in [-0.05, 0) is 34.6 Å². The van der Waals surface area contributed by atoms with Crippen LogP contribution in [0.25, 0.3) is 0 Å². The minimum absolute atomic E-state index is 0.193. The third-order valence-electron chi connectivity index (χ3n) is 1.92. The number of carboxylic acid groups (broad SMARTS) is 1. The lowest BCUT2D eigenvalue weighted by atomic mass is 10.4. The van der Waals surface area contributed by atoms with E-state index in [0.717, 1.165) is 23.1 Å². The monoisotopic (exact) mass is 347 g/mol. The van der Waals surface area contributed by atoms with Gasteiger partial charge in [0.2, 0.25) is 0 Å². The molecule has 0 aliphatic carbocycles. The molecule has 0 radical (unpaired) electrons. The summed E-state index contributed by atoms with van der Waals surface area (Å²) in [4.78, 5) is 33.0. The molecule has 2 aromatic rings. The number of hydrogen-bond acceptors (Lipinski definition) is 6. The lowest BCUT2D eigenvalue weighted by molar-refractivity contribution is 0.0701. The lowest BCUT2D eigenvalue weighted by Crippen LogP contribution is -2.07. The first-order valence-electron chi connectivity index (χ1n) is 4.61. The molecule has 0 bridgehead atoms. The molecule has 2 N–H and O–H groups in total. The Morgan fingerprint density at radius 3 is 2.94 bits per heavy atom. The number of hydrogen-bond donors (Lipinski definition) is 2. The average molecular weight is 348 g/mol. The Kier molecular flexibility index (Phi) is 3.83. The number of carboxylic acids is 1. The third kappa shape index (κ3) is 2.62. The van der Waals surface area contributed by atoms with Crippen molar-refractivity contribution in [2.75, 3.05) is 0 Å². The fourth-order valence-corrected chi connectivity index (χ4v) is 3.52. The maximum Gasteiger partial charge on any atom is 0.347 e. The van der Waals surface area contributed by atoms with Crippen LogP contribution in [0.4, 0.5) is 0 Å². The number of halogens is 1. The molecule has 0 spiro atoms. The number of nitrogens with one attached hydrogen (secondary N) is 1. The molecule has 18 heavy (non-hydrogen) atoms. The minimum atomic E-state index is -1.00. The van der Waals surface area contributed by atoms with E-state index in [1.165, 1.54) is 6.33 Å². The molecule has 6 nitrogen and oxygen atoms in total. The second-order valence-electron chi connectivity index (χ2n) is 3.15. The van der Waals surface area contributed by atoms with E-state index in [2.05, 4.69) is 30.9 Å². The van der Waals surface area contributed by atoms with Gasteiger partial charge in [0.05, 0.1) is 12.0 Å². The van der Waals surface area contributed by atoms with Crippen LogP contribution in [0.3, 0.4) is 0 Å². The average Bonchev–Trinajstić information content (AvgIpc) is 2.66. The second kappa shape index (κ2) is 5.21. The quantitative estimate of drug-likeness (QED) is 0.825. The Balaban J connectivity index is 2.35. The Bertz CT molecular complexity index is 667. The van der Waals surface area contributed by atoms with Crippen LogP contribution in [-0.4, -0.2) is 26.0 Å². The van der Waals surface area contributed by atoms with Gasteiger partial charge >= 0.3 is 5.97 Å². The van der Waals surface area contributed by atoms with Crippen molar-refractivity contribution in [1.29, 1.82) is 0 Å². The second-order valence-corrected chi connectivity index (χ2v) is 6.18. The highest BCUT2D eigenvalue weighted by Crippen LogP contribution is 2.33. The van der Waals surface area contributed by atoms with Crippen molar-refractivity contribution >= 4 is 45.0 Å². The van der Waals surface area contributed by atoms with Crippen molar-refractivity contribution in [3.8, 4) is 0 Å². The van der Waals surface area contributed by atoms with E-state index >= 15 is 0 Å². The summed E-state index contributed by atoms with van der Waals surface area (Å²) in [6.07, 6.45) is 1.29. The van der Waals surface area contributed by atoms with Crippen LogP contribution in [0, 0.1) is 6.92 Å². The van der Waals surface area contributed by atoms with Crippen molar-refractivity contribution in [2.24, 2.45) is 0 Å². The van der Waals surface area contributed by atoms with Crippen molar-refractivity contribution in [1.82, 2.24) is 15.0 Å². The molecule has 2 aromatic heterocycles. The van der Waals surface area contributed by atoms with Gasteiger partial charge in [-0.3, -0.25) is 4.79 Å². The molecule has 0 atom stereocenters. The van der Waals surface area contributed by atoms with Gasteiger partial charge in [-0.15, -0.1) is 0 Å². The van der Waals surface area contributed by atoms with Crippen LogP contribution in [-0.2, 0) is 0 Å². The molecular weight excluding hydrogens is 342 g/mol. The summed E-state index contributed by atoms with van der Waals surface area (Å²) < 4.78 is 0.837. The Labute approximate surface area is 118 Å². The van der Waals surface area contributed by atoms with E-state index in [4.69, 9.17) is 5.11 Å². The van der Waals surface area contributed by atoms with Crippen LogP contribution in [0.1, 0.15) is 15.4 Å². The molecular formula is C9H6BrN3O3S2. The highest BCUT2D eigenvalue weighted by atomic mass is 79.9. The number of carbonyl (C=O) groups is 1. The molecule has 0 amide bonds. The summed E-state index contributed by atoms with van der Waals surface area (Å²) in [5.74, 6) is -1.00. The van der Waals surface area contributed by atoms with Crippen LogP contribution < -0.4 is 5.56 Å². The highest BCUT2D eigenvalue weighted by Gasteiger charge is 2.16. The number of H-pyrrole nitrogens is 1. The van der Waals surface area contributed by atoms with Gasteiger partial charge in [0, 0.05) is 0 Å². The molecule has 0 aromatic carbocycles. The fraction of sp³-hybridized carbons (Fsp3) is 0.111. The first kappa shape index (κ1) is 13.2. The summed E-state index contributed by atoms with van der Waals surface area (Å²) >= 11 is 5.33. The van der Waals surface area contributed by atoms with E-state index in [9.17, 15) is 9.59 Å². The molecule has 0 aliphatic heterocycles. The minimum Gasteiger partial charge on any atom is -0.477 e. The first-order valence-corrected chi connectivity index (χ1v) is 7.03. The van der Waals surface area contributed by atoms with Crippen LogP contribution >= 0.6 is 39.0 Å². The number of rotatable bonds is 3. The maximum absolute atomic E-state index is 11.3. The smallest absolute Gasteiger partial charge is 0.347 e. The van der Waals surface area contributed by atoms with Crippen molar-refractivity contribution in [3.63, 3.8) is 0 Å². The normalized spacial score (nSPS) is 10.6. The van der Waals surface area contributed by atoms with Gasteiger partial charge < -0.3 is 10.1 Å². The lowest BCUT2D eigenvalue weighted by Gasteiger charge is -1.97. The largest absolute Gasteiger partial charge is 0.477 e. The number of aromatic amines is 1. The zero-order valence-electron chi connectivity index (χ0n) is 8.93. The maximum atomic E-state index is 11.3. The molecule has 2 heterocycles. The zero-order valence-corrected chi connectivity index (χ0v) is 12.1. The molecule has 0 unspecified atom stereocenters. The fourth-order valence-electron chi connectivity index (χ4n) is 1.13. The van der Waals surface area contributed by atoms with Gasteiger partial charge in [0.15, 0.2) is 4.34 Å². The summed E-state index contributed by atoms with van der Waals surface area (Å²) in [6, 6.07) is 0. The molecule has 9 heteroatoms. The number of aryl methyl sites for hydroxylation is 1. The molecule has 2 rings (SSSR count). The third-order valence-corrected chi connectivity index (χ3v) is 5.13. The Hall–Kier alpha value is -1.19. The van der Waals surface area contributed by atoms with E-state index in [-0.39, 0.29) is 10.4 Å². The van der Waals surface area contributed by atoms with E-state index in [1.54, 1.807) is 6.92 Å². The van der Waals surface area contributed by atoms with E-state index in [1.807, 2.05) is 0 Å². The van der Waals surface area contributed by atoms with Gasteiger partial charge in [-0.2, -0.15) is 0 Å². The SMILES string of the molecule is Cc1nc(Sc2nc[nH]c(=O)c2Br)sc1C(=O)O. The van der Waals surface area contributed by atoms with E-state index < -0.39 is 5.97 Å². The zero-order chi connectivity index (χ0) is 13.3. The van der Waals surface area contributed by atoms with Gasteiger partial charge in [0.25, 0.3) is 5.56 Å². The van der Waals surface area contributed by atoms with Crippen LogP contribution in [0.2, 0.25) is 0 Å². The predicted molar refractivity (Wildman–Crippen MR) is 70.5 cm³/mol. The summed E-state index contributed by atoms with van der Waals surface area (Å²) in [6.45, 7) is 1.63. The standard InChI is InChI=1S/C9H6BrN3O3S2/c1-3-5(8(15)16)17-9(13-3)18-7-4(10)6(14)11-2-12-7/h2H,1H3,(H,15,16)(H,11,12,14).